The molecule has 1 aliphatic heterocycles. The van der Waals surface area contributed by atoms with Crippen LogP contribution in [0, 0.1) is 0 Å². The Morgan fingerprint density at radius 1 is 1.09 bits per heavy atom. The van der Waals surface area contributed by atoms with Crippen molar-refractivity contribution < 1.29 is 32.6 Å². The number of ketones is 1. The van der Waals surface area contributed by atoms with Gasteiger partial charge in [0.2, 0.25) is 10.0 Å². The molecular weight excluding hydrogens is 460 g/mol. The number of carbonyl (C=O) groups is 2. The van der Waals surface area contributed by atoms with Crippen LogP contribution in [0.15, 0.2) is 59.0 Å². The van der Waals surface area contributed by atoms with Gasteiger partial charge in [-0.3, -0.25) is 9.59 Å². The molecule has 1 fully saturated rings. The van der Waals surface area contributed by atoms with Gasteiger partial charge in [0.05, 0.1) is 23.6 Å². The number of hydrogen-bond donors (Lipinski definition) is 1. The Hall–Kier alpha value is -3.21. The Morgan fingerprint density at radius 3 is 2.35 bits per heavy atom. The molecule has 1 N–H and O–H groups in total. The van der Waals surface area contributed by atoms with Crippen LogP contribution >= 0.6 is 0 Å². The molecule has 0 aliphatic carbocycles. The summed E-state index contributed by atoms with van der Waals surface area (Å²) in [7, 11) is 2.24. The van der Waals surface area contributed by atoms with Crippen LogP contribution in [-0.2, 0) is 24.3 Å². The molecule has 1 atom stereocenters. The number of likely N-dealkylation sites (tertiary alicyclic amines) is 1. The van der Waals surface area contributed by atoms with Crippen molar-refractivity contribution in [3.05, 3.63) is 65.2 Å². The van der Waals surface area contributed by atoms with Crippen molar-refractivity contribution in [2.24, 2.45) is 0 Å². The van der Waals surface area contributed by atoms with E-state index in [2.05, 4.69) is 0 Å². The first-order chi connectivity index (χ1) is 16.1. The molecule has 9 nitrogen and oxygen atoms in total. The zero-order chi connectivity index (χ0) is 25.0. The van der Waals surface area contributed by atoms with E-state index in [1.165, 1.54) is 50.4 Å². The highest BCUT2D eigenvalue weighted by Gasteiger charge is 2.45. The SMILES string of the molecule is COCCCN1C(=O)C(=O)/C(=C(\O)c2ccc(S(=O)(=O)N(C)C)cc2)C1c1cccc(OC)c1. The summed E-state index contributed by atoms with van der Waals surface area (Å²) in [5, 5.41) is 11.1. The fraction of sp³-hybridized carbons (Fsp3) is 0.333. The van der Waals surface area contributed by atoms with E-state index in [0.29, 0.717) is 24.3 Å². The first-order valence-corrected chi connectivity index (χ1v) is 12.0. The highest BCUT2D eigenvalue weighted by Crippen LogP contribution is 2.40. The lowest BCUT2D eigenvalue weighted by Gasteiger charge is -2.25. The van der Waals surface area contributed by atoms with Crippen molar-refractivity contribution in [2.45, 2.75) is 17.4 Å². The zero-order valence-corrected chi connectivity index (χ0v) is 20.3. The minimum atomic E-state index is -3.66. The summed E-state index contributed by atoms with van der Waals surface area (Å²) in [6.07, 6.45) is 0.501. The lowest BCUT2D eigenvalue weighted by molar-refractivity contribution is -0.140. The van der Waals surface area contributed by atoms with Crippen molar-refractivity contribution in [3.8, 4) is 5.75 Å². The van der Waals surface area contributed by atoms with Crippen molar-refractivity contribution >= 4 is 27.5 Å². The van der Waals surface area contributed by atoms with E-state index in [1.54, 1.807) is 31.4 Å². The molecule has 0 bridgehead atoms. The van der Waals surface area contributed by atoms with Crippen LogP contribution in [0.3, 0.4) is 0 Å². The topological polar surface area (TPSA) is 113 Å². The Morgan fingerprint density at radius 2 is 1.76 bits per heavy atom. The molecule has 10 heteroatoms. The second-order valence-corrected chi connectivity index (χ2v) is 10.1. The number of nitrogens with zero attached hydrogens (tertiary/aromatic N) is 2. The Kier molecular flexibility index (Phi) is 7.75. The Labute approximate surface area is 199 Å². The number of Topliss-reactive ketones (excluding diaryl/α,β-unsaturated/α-hetero) is 1. The fourth-order valence-electron chi connectivity index (χ4n) is 3.80. The van der Waals surface area contributed by atoms with E-state index in [-0.39, 0.29) is 28.3 Å². The molecule has 0 aromatic heterocycles. The summed E-state index contributed by atoms with van der Waals surface area (Å²) < 4.78 is 36.2. The molecule has 3 rings (SSSR count). The second kappa shape index (κ2) is 10.4. The van der Waals surface area contributed by atoms with Gasteiger partial charge in [-0.1, -0.05) is 12.1 Å². The van der Waals surface area contributed by atoms with Gasteiger partial charge in [0, 0.05) is 39.9 Å². The minimum Gasteiger partial charge on any atom is -0.507 e. The highest BCUT2D eigenvalue weighted by molar-refractivity contribution is 7.89. The van der Waals surface area contributed by atoms with E-state index in [9.17, 15) is 23.1 Å². The molecule has 34 heavy (non-hydrogen) atoms. The summed E-state index contributed by atoms with van der Waals surface area (Å²) in [5.41, 5.74) is 0.753. The number of aliphatic hydroxyl groups is 1. The normalized spacial score (nSPS) is 18.0. The molecule has 2 aromatic rings. The zero-order valence-electron chi connectivity index (χ0n) is 19.5. The maximum Gasteiger partial charge on any atom is 0.295 e. The molecule has 1 saturated heterocycles. The lowest BCUT2D eigenvalue weighted by atomic mass is 9.95. The standard InChI is InChI=1S/C24H28N2O7S/c1-25(2)34(30,31)19-11-9-16(10-12-19)22(27)20-21(17-7-5-8-18(15-17)33-4)26(13-6-14-32-3)24(29)23(20)28/h5,7-12,15,21,27H,6,13-14H2,1-4H3/b22-20-. The number of carbonyl (C=O) groups excluding carboxylic acids is 2. The molecule has 0 spiro atoms. The van der Waals surface area contributed by atoms with Crippen LogP contribution in [-0.4, -0.2) is 75.9 Å². The second-order valence-electron chi connectivity index (χ2n) is 7.93. The molecule has 1 amide bonds. The molecule has 2 aromatic carbocycles. The number of sulfonamides is 1. The van der Waals surface area contributed by atoms with Crippen molar-refractivity contribution in [1.29, 1.82) is 0 Å². The molecule has 182 valence electrons. The van der Waals surface area contributed by atoms with Gasteiger partial charge in [0.15, 0.2) is 0 Å². The van der Waals surface area contributed by atoms with Crippen molar-refractivity contribution in [2.75, 3.05) is 41.5 Å². The van der Waals surface area contributed by atoms with Crippen molar-refractivity contribution in [3.63, 3.8) is 0 Å². The van der Waals surface area contributed by atoms with Crippen LogP contribution in [0.25, 0.3) is 5.76 Å². The Bertz CT molecular complexity index is 1200. The van der Waals surface area contributed by atoms with Gasteiger partial charge < -0.3 is 19.5 Å². The minimum absolute atomic E-state index is 0.0402. The van der Waals surface area contributed by atoms with Crippen LogP contribution < -0.4 is 4.74 Å². The molecule has 1 heterocycles. The molecular formula is C24H28N2O7S. The number of hydrogen-bond acceptors (Lipinski definition) is 7. The van der Waals surface area contributed by atoms with Gasteiger partial charge in [-0.2, -0.15) is 0 Å². The quantitative estimate of drug-likeness (QED) is 0.250. The number of methoxy groups -OCH3 is 2. The van der Waals surface area contributed by atoms with E-state index >= 15 is 0 Å². The molecule has 0 saturated carbocycles. The smallest absolute Gasteiger partial charge is 0.295 e. The average molecular weight is 489 g/mol. The predicted octanol–water partition coefficient (Wildman–Crippen LogP) is 2.40. The van der Waals surface area contributed by atoms with Crippen LogP contribution in [0.4, 0.5) is 0 Å². The van der Waals surface area contributed by atoms with Gasteiger partial charge in [-0.25, -0.2) is 12.7 Å². The monoisotopic (exact) mass is 488 g/mol. The maximum atomic E-state index is 13.0. The van der Waals surface area contributed by atoms with E-state index < -0.39 is 27.8 Å². The molecule has 1 aliphatic rings. The average Bonchev–Trinajstić information content (AvgIpc) is 3.08. The Balaban J connectivity index is 2.11. The number of aliphatic hydroxyl groups excluding tert-OH is 1. The third-order valence-corrected chi connectivity index (χ3v) is 7.43. The summed E-state index contributed by atoms with van der Waals surface area (Å²) in [6, 6.07) is 11.6. The van der Waals surface area contributed by atoms with Crippen LogP contribution in [0.1, 0.15) is 23.6 Å². The number of rotatable bonds is 9. The van der Waals surface area contributed by atoms with E-state index in [4.69, 9.17) is 9.47 Å². The van der Waals surface area contributed by atoms with Crippen molar-refractivity contribution in [1.82, 2.24) is 9.21 Å². The predicted molar refractivity (Wildman–Crippen MR) is 126 cm³/mol. The van der Waals surface area contributed by atoms with Gasteiger partial charge >= 0.3 is 0 Å². The summed E-state index contributed by atoms with van der Waals surface area (Å²) in [6.45, 7) is 0.646. The molecule has 1 unspecified atom stereocenters. The fourth-order valence-corrected chi connectivity index (χ4v) is 4.70. The summed E-state index contributed by atoms with van der Waals surface area (Å²) in [4.78, 5) is 27.4. The first kappa shape index (κ1) is 25.4. The van der Waals surface area contributed by atoms with E-state index in [1.807, 2.05) is 0 Å². The first-order valence-electron chi connectivity index (χ1n) is 10.6. The molecule has 0 radical (unpaired) electrons. The van der Waals surface area contributed by atoms with Gasteiger partial charge in [0.25, 0.3) is 11.7 Å². The summed E-state index contributed by atoms with van der Waals surface area (Å²) in [5.74, 6) is -1.38. The maximum absolute atomic E-state index is 13.0. The summed E-state index contributed by atoms with van der Waals surface area (Å²) >= 11 is 0. The van der Waals surface area contributed by atoms with Crippen LogP contribution in [0.2, 0.25) is 0 Å². The third kappa shape index (κ3) is 4.84. The number of ether oxygens (including phenoxy) is 2. The number of amides is 1. The number of benzene rings is 2. The largest absolute Gasteiger partial charge is 0.507 e. The van der Waals surface area contributed by atoms with Gasteiger partial charge in [-0.15, -0.1) is 0 Å². The van der Waals surface area contributed by atoms with Crippen LogP contribution in [0.5, 0.6) is 5.75 Å². The van der Waals surface area contributed by atoms with Gasteiger partial charge in [0.1, 0.15) is 11.5 Å². The van der Waals surface area contributed by atoms with E-state index in [0.717, 1.165) is 4.31 Å². The third-order valence-electron chi connectivity index (χ3n) is 5.60. The highest BCUT2D eigenvalue weighted by atomic mass is 32.2. The lowest BCUT2D eigenvalue weighted by Crippen LogP contribution is -2.31. The van der Waals surface area contributed by atoms with Gasteiger partial charge in [-0.05, 0) is 48.4 Å².